The minimum absolute atomic E-state index is 0.107. The summed E-state index contributed by atoms with van der Waals surface area (Å²) in [5.74, 6) is -0.734. The van der Waals surface area contributed by atoms with Crippen molar-refractivity contribution in [3.8, 4) is 5.75 Å². The zero-order valence-electron chi connectivity index (χ0n) is 14.1. The van der Waals surface area contributed by atoms with Gasteiger partial charge in [0.15, 0.2) is 0 Å². The Hall–Kier alpha value is -1.86. The van der Waals surface area contributed by atoms with Crippen LogP contribution in [0.5, 0.6) is 5.75 Å². The molecule has 0 fully saturated rings. The quantitative estimate of drug-likeness (QED) is 0.513. The highest BCUT2D eigenvalue weighted by Crippen LogP contribution is 2.18. The molecule has 7 heteroatoms. The molecule has 0 spiro atoms. The number of rotatable bonds is 10. The number of sulfonamides is 1. The lowest BCUT2D eigenvalue weighted by Gasteiger charge is -2.29. The molecule has 0 aliphatic carbocycles. The number of phenols is 1. The Labute approximate surface area is 143 Å². The van der Waals surface area contributed by atoms with Gasteiger partial charge in [-0.3, -0.25) is 4.79 Å². The summed E-state index contributed by atoms with van der Waals surface area (Å²) in [4.78, 5) is 12.2. The molecule has 0 heterocycles. The van der Waals surface area contributed by atoms with Crippen molar-refractivity contribution in [2.75, 3.05) is 19.4 Å². The number of carbonyl (C=O) groups is 1. The van der Waals surface area contributed by atoms with Crippen molar-refractivity contribution in [2.45, 2.75) is 32.2 Å². The van der Waals surface area contributed by atoms with Gasteiger partial charge in [0.1, 0.15) is 11.8 Å². The van der Waals surface area contributed by atoms with Gasteiger partial charge in [0.25, 0.3) is 0 Å². The lowest BCUT2D eigenvalue weighted by molar-refractivity contribution is -0.145. The van der Waals surface area contributed by atoms with Crippen LogP contribution in [0, 0.1) is 0 Å². The summed E-state index contributed by atoms with van der Waals surface area (Å²) in [7, 11) is -2.42. The van der Waals surface area contributed by atoms with E-state index in [2.05, 4.69) is 6.58 Å². The third-order valence-corrected chi connectivity index (χ3v) is 5.41. The lowest BCUT2D eigenvalue weighted by atomic mass is 10.1. The average molecular weight is 355 g/mol. The Kier molecular flexibility index (Phi) is 7.94. The average Bonchev–Trinajstić information content (AvgIpc) is 2.55. The first-order valence-electron chi connectivity index (χ1n) is 7.81. The van der Waals surface area contributed by atoms with Gasteiger partial charge in [0.05, 0.1) is 12.9 Å². The van der Waals surface area contributed by atoms with Crippen LogP contribution in [0.3, 0.4) is 0 Å². The Morgan fingerprint density at radius 2 is 2.00 bits per heavy atom. The minimum atomic E-state index is -3.66. The zero-order valence-corrected chi connectivity index (χ0v) is 15.0. The first-order chi connectivity index (χ1) is 11.4. The van der Waals surface area contributed by atoms with Crippen LogP contribution in [-0.2, 0) is 26.0 Å². The molecule has 1 aromatic rings. The van der Waals surface area contributed by atoms with Gasteiger partial charge in [0, 0.05) is 6.54 Å². The number of methoxy groups -OCH3 is 1. The highest BCUT2D eigenvalue weighted by molar-refractivity contribution is 7.89. The van der Waals surface area contributed by atoms with E-state index in [1.807, 2.05) is 6.92 Å². The summed E-state index contributed by atoms with van der Waals surface area (Å²) in [5.41, 5.74) is 0.735. The summed E-state index contributed by atoms with van der Waals surface area (Å²) in [6.45, 7) is 5.67. The van der Waals surface area contributed by atoms with Gasteiger partial charge in [-0.05, 0) is 30.5 Å². The monoisotopic (exact) mass is 355 g/mol. The van der Waals surface area contributed by atoms with Crippen molar-refractivity contribution >= 4 is 16.0 Å². The summed E-state index contributed by atoms with van der Waals surface area (Å²) in [6, 6.07) is 5.36. The Bertz CT molecular complexity index is 639. The van der Waals surface area contributed by atoms with Gasteiger partial charge < -0.3 is 9.84 Å². The van der Waals surface area contributed by atoms with Crippen molar-refractivity contribution < 1.29 is 23.1 Å². The van der Waals surface area contributed by atoms with Crippen LogP contribution in [-0.4, -0.2) is 49.2 Å². The van der Waals surface area contributed by atoms with E-state index in [4.69, 9.17) is 4.74 Å². The second-order valence-corrected chi connectivity index (χ2v) is 7.41. The molecule has 24 heavy (non-hydrogen) atoms. The standard InChI is InChI=1S/C17H25NO5S/c1-4-6-11-18(24(21,22)12-5-2)16(17(20)23-3)13-14-7-9-15(19)10-8-14/h5,7-10,16,19H,2,4,6,11-13H2,1,3H3. The molecule has 1 aromatic carbocycles. The van der Waals surface area contributed by atoms with Crippen LogP contribution in [0.15, 0.2) is 36.9 Å². The molecule has 6 nitrogen and oxygen atoms in total. The molecule has 1 unspecified atom stereocenters. The molecule has 134 valence electrons. The van der Waals surface area contributed by atoms with Gasteiger partial charge in [-0.1, -0.05) is 31.6 Å². The molecule has 1 atom stereocenters. The van der Waals surface area contributed by atoms with Crippen LogP contribution in [0.25, 0.3) is 0 Å². The molecule has 0 aromatic heterocycles. The maximum absolute atomic E-state index is 12.5. The number of nitrogens with zero attached hydrogens (tertiary/aromatic N) is 1. The second kappa shape index (κ2) is 9.44. The fourth-order valence-electron chi connectivity index (χ4n) is 2.34. The van der Waals surface area contributed by atoms with Gasteiger partial charge in [-0.2, -0.15) is 4.31 Å². The summed E-state index contributed by atoms with van der Waals surface area (Å²) in [6.07, 6.45) is 2.92. The number of phenolic OH excluding ortho intramolecular Hbond substituents is 1. The topological polar surface area (TPSA) is 83.9 Å². The Morgan fingerprint density at radius 1 is 1.38 bits per heavy atom. The van der Waals surface area contributed by atoms with E-state index in [0.29, 0.717) is 6.42 Å². The van der Waals surface area contributed by atoms with Gasteiger partial charge >= 0.3 is 5.97 Å². The van der Waals surface area contributed by atoms with Crippen LogP contribution in [0.2, 0.25) is 0 Å². The highest BCUT2D eigenvalue weighted by atomic mass is 32.2. The number of hydrogen-bond acceptors (Lipinski definition) is 5. The first-order valence-corrected chi connectivity index (χ1v) is 9.42. The number of carbonyl (C=O) groups excluding carboxylic acids is 1. The van der Waals surface area contributed by atoms with Crippen molar-refractivity contribution in [1.29, 1.82) is 0 Å². The maximum atomic E-state index is 12.5. The molecule has 0 bridgehead atoms. The van der Waals surface area contributed by atoms with Crippen molar-refractivity contribution in [2.24, 2.45) is 0 Å². The predicted molar refractivity (Wildman–Crippen MR) is 93.2 cm³/mol. The van der Waals surface area contributed by atoms with Crippen LogP contribution >= 0.6 is 0 Å². The van der Waals surface area contributed by atoms with Gasteiger partial charge in [-0.25, -0.2) is 8.42 Å². The molecule has 0 radical (unpaired) electrons. The third kappa shape index (κ3) is 5.65. The molecule has 1 N–H and O–H groups in total. The molecule has 0 aliphatic heterocycles. The van der Waals surface area contributed by atoms with Crippen LogP contribution in [0.4, 0.5) is 0 Å². The highest BCUT2D eigenvalue weighted by Gasteiger charge is 2.34. The number of aromatic hydroxyl groups is 1. The third-order valence-electron chi connectivity index (χ3n) is 3.60. The van der Waals surface area contributed by atoms with Crippen LogP contribution < -0.4 is 0 Å². The van der Waals surface area contributed by atoms with E-state index >= 15 is 0 Å². The molecule has 0 saturated carbocycles. The number of hydrogen-bond donors (Lipinski definition) is 1. The van der Waals surface area contributed by atoms with E-state index < -0.39 is 22.0 Å². The number of unbranched alkanes of at least 4 members (excludes halogenated alkanes) is 1. The van der Waals surface area contributed by atoms with E-state index in [1.54, 1.807) is 12.1 Å². The van der Waals surface area contributed by atoms with E-state index in [-0.39, 0.29) is 24.5 Å². The first kappa shape index (κ1) is 20.2. The van der Waals surface area contributed by atoms with Gasteiger partial charge in [-0.15, -0.1) is 6.58 Å². The van der Waals surface area contributed by atoms with Crippen molar-refractivity contribution in [3.05, 3.63) is 42.5 Å². The smallest absolute Gasteiger partial charge is 0.324 e. The summed E-state index contributed by atoms with van der Waals surface area (Å²) < 4.78 is 31.1. The van der Waals surface area contributed by atoms with E-state index in [1.165, 1.54) is 29.6 Å². The fraction of sp³-hybridized carbons (Fsp3) is 0.471. The van der Waals surface area contributed by atoms with Crippen molar-refractivity contribution in [1.82, 2.24) is 4.31 Å². The van der Waals surface area contributed by atoms with Crippen molar-refractivity contribution in [3.63, 3.8) is 0 Å². The lowest BCUT2D eigenvalue weighted by Crippen LogP contribution is -2.48. The number of esters is 1. The molecule has 0 amide bonds. The molecule has 0 saturated heterocycles. The zero-order chi connectivity index (χ0) is 18.2. The normalized spacial score (nSPS) is 12.8. The molecule has 0 aliphatic rings. The fourth-order valence-corrected chi connectivity index (χ4v) is 3.79. The minimum Gasteiger partial charge on any atom is -0.508 e. The summed E-state index contributed by atoms with van der Waals surface area (Å²) in [5, 5.41) is 9.36. The molecular formula is C17H25NO5S. The number of benzene rings is 1. The van der Waals surface area contributed by atoms with Gasteiger partial charge in [0.2, 0.25) is 10.0 Å². The predicted octanol–water partition coefficient (Wildman–Crippen LogP) is 2.09. The number of ether oxygens (including phenoxy) is 1. The summed E-state index contributed by atoms with van der Waals surface area (Å²) >= 11 is 0. The van der Waals surface area contributed by atoms with E-state index in [9.17, 15) is 18.3 Å². The SMILES string of the molecule is C=CCS(=O)(=O)N(CCCC)C(Cc1ccc(O)cc1)C(=O)OC. The molecule has 1 rings (SSSR count). The molecular weight excluding hydrogens is 330 g/mol. The Morgan fingerprint density at radius 3 is 2.50 bits per heavy atom. The Balaban J connectivity index is 3.17. The second-order valence-electron chi connectivity index (χ2n) is 5.44. The largest absolute Gasteiger partial charge is 0.508 e. The van der Waals surface area contributed by atoms with E-state index in [0.717, 1.165) is 12.0 Å². The maximum Gasteiger partial charge on any atom is 0.324 e. The van der Waals surface area contributed by atoms with Crippen LogP contribution in [0.1, 0.15) is 25.3 Å².